The molecule has 7 heteroatoms. The van der Waals surface area contributed by atoms with Gasteiger partial charge in [-0.15, -0.1) is 0 Å². The van der Waals surface area contributed by atoms with Gasteiger partial charge < -0.3 is 5.32 Å². The van der Waals surface area contributed by atoms with Crippen molar-refractivity contribution in [3.05, 3.63) is 95.1 Å². The first-order chi connectivity index (χ1) is 13.8. The van der Waals surface area contributed by atoms with Crippen molar-refractivity contribution in [2.45, 2.75) is 4.90 Å². The number of ketones is 2. The van der Waals surface area contributed by atoms with Gasteiger partial charge in [-0.1, -0.05) is 49.1 Å². The Morgan fingerprint density at radius 3 is 2.21 bits per heavy atom. The number of fused-ring (bicyclic) bond motifs is 2. The molecule has 0 bridgehead atoms. The van der Waals surface area contributed by atoms with Crippen LogP contribution in [0.3, 0.4) is 0 Å². The highest BCUT2D eigenvalue weighted by molar-refractivity contribution is 7.86. The molecule has 0 radical (unpaired) electrons. The molecule has 6 nitrogen and oxygen atoms in total. The lowest BCUT2D eigenvalue weighted by Gasteiger charge is -2.22. The van der Waals surface area contributed by atoms with E-state index >= 15 is 0 Å². The summed E-state index contributed by atoms with van der Waals surface area (Å²) >= 11 is 0. The summed E-state index contributed by atoms with van der Waals surface area (Å²) in [6, 6.07) is 15.6. The Morgan fingerprint density at radius 2 is 1.55 bits per heavy atom. The van der Waals surface area contributed by atoms with E-state index in [1.807, 2.05) is 0 Å². The first-order valence-electron chi connectivity index (χ1n) is 8.63. The fourth-order valence-corrected chi connectivity index (χ4v) is 4.05. The van der Waals surface area contributed by atoms with Gasteiger partial charge in [-0.3, -0.25) is 14.1 Å². The van der Waals surface area contributed by atoms with Gasteiger partial charge in [-0.25, -0.2) is 0 Å². The maximum atomic E-state index is 13.2. The summed E-state index contributed by atoms with van der Waals surface area (Å²) in [5.41, 5.74) is 1.51. The number of carbonyl (C=O) groups is 2. The van der Waals surface area contributed by atoms with Crippen LogP contribution in [0.5, 0.6) is 0 Å². The smallest absolute Gasteiger partial charge is 0.296 e. The lowest BCUT2D eigenvalue weighted by atomic mass is 9.83. The fourth-order valence-electron chi connectivity index (χ4n) is 3.39. The minimum atomic E-state index is -4.67. The molecule has 4 rings (SSSR count). The molecular weight excluding hydrogens is 390 g/mol. The van der Waals surface area contributed by atoms with Gasteiger partial charge >= 0.3 is 0 Å². The average Bonchev–Trinajstić information content (AvgIpc) is 2.71. The first kappa shape index (κ1) is 18.8. The largest absolute Gasteiger partial charge is 0.354 e. The summed E-state index contributed by atoms with van der Waals surface area (Å²) in [6.07, 6.45) is 1.61. The molecule has 0 amide bonds. The van der Waals surface area contributed by atoms with Crippen molar-refractivity contribution < 1.29 is 22.6 Å². The monoisotopic (exact) mass is 405 g/mol. The minimum absolute atomic E-state index is 0.0727. The highest BCUT2D eigenvalue weighted by Gasteiger charge is 2.34. The molecule has 0 aromatic heterocycles. The summed E-state index contributed by atoms with van der Waals surface area (Å²) in [6.45, 7) is 3.69. The van der Waals surface area contributed by atoms with Crippen LogP contribution in [0.4, 0.5) is 11.4 Å². The van der Waals surface area contributed by atoms with E-state index in [1.54, 1.807) is 48.5 Å². The maximum absolute atomic E-state index is 13.2. The topological polar surface area (TPSA) is 101 Å². The summed E-state index contributed by atoms with van der Waals surface area (Å²) in [5, 5.41) is 2.90. The van der Waals surface area contributed by atoms with E-state index in [4.69, 9.17) is 0 Å². The van der Waals surface area contributed by atoms with Gasteiger partial charge in [0.05, 0.1) is 11.3 Å². The molecule has 0 unspecified atom stereocenters. The second-order valence-corrected chi connectivity index (χ2v) is 7.88. The zero-order valence-electron chi connectivity index (χ0n) is 15.0. The van der Waals surface area contributed by atoms with Crippen molar-refractivity contribution >= 4 is 39.1 Å². The third-order valence-corrected chi connectivity index (χ3v) is 5.62. The number of carbonyl (C=O) groups excluding carboxylic acids is 2. The van der Waals surface area contributed by atoms with Crippen LogP contribution in [0.15, 0.2) is 72.1 Å². The Balaban J connectivity index is 1.99. The third kappa shape index (κ3) is 3.16. The molecule has 0 heterocycles. The number of hydrogen-bond donors (Lipinski definition) is 2. The van der Waals surface area contributed by atoms with Crippen LogP contribution >= 0.6 is 0 Å². The molecule has 29 heavy (non-hydrogen) atoms. The van der Waals surface area contributed by atoms with E-state index in [0.717, 1.165) is 11.6 Å². The van der Waals surface area contributed by atoms with Crippen LogP contribution in [0.25, 0.3) is 6.08 Å². The van der Waals surface area contributed by atoms with Crippen molar-refractivity contribution in [3.8, 4) is 0 Å². The van der Waals surface area contributed by atoms with Crippen molar-refractivity contribution in [1.82, 2.24) is 0 Å². The normalized spacial score (nSPS) is 12.9. The zero-order valence-corrected chi connectivity index (χ0v) is 15.9. The molecule has 3 aromatic carbocycles. The maximum Gasteiger partial charge on any atom is 0.296 e. The zero-order chi connectivity index (χ0) is 20.8. The van der Waals surface area contributed by atoms with E-state index in [1.165, 1.54) is 12.1 Å². The highest BCUT2D eigenvalue weighted by Crippen LogP contribution is 2.37. The van der Waals surface area contributed by atoms with Gasteiger partial charge in [0, 0.05) is 22.4 Å². The van der Waals surface area contributed by atoms with Crippen molar-refractivity contribution in [3.63, 3.8) is 0 Å². The van der Waals surface area contributed by atoms with Crippen LogP contribution in [0.1, 0.15) is 37.4 Å². The summed E-state index contributed by atoms with van der Waals surface area (Å²) in [4.78, 5) is 25.6. The number of benzene rings is 3. The molecule has 1 aliphatic rings. The van der Waals surface area contributed by atoms with Gasteiger partial charge in [0.1, 0.15) is 4.90 Å². The molecule has 0 aliphatic heterocycles. The van der Waals surface area contributed by atoms with Crippen LogP contribution in [-0.2, 0) is 10.1 Å². The van der Waals surface area contributed by atoms with E-state index in [9.17, 15) is 22.6 Å². The number of rotatable bonds is 4. The number of nitrogens with one attached hydrogen (secondary N) is 1. The Hall–Kier alpha value is -3.55. The summed E-state index contributed by atoms with van der Waals surface area (Å²) in [5.74, 6) is -0.886. The lowest BCUT2D eigenvalue weighted by molar-refractivity contribution is 0.0979. The summed E-state index contributed by atoms with van der Waals surface area (Å²) in [7, 11) is -4.67. The van der Waals surface area contributed by atoms with Crippen LogP contribution < -0.4 is 5.32 Å². The van der Waals surface area contributed by atoms with Crippen LogP contribution in [0, 0.1) is 0 Å². The summed E-state index contributed by atoms with van der Waals surface area (Å²) < 4.78 is 33.7. The van der Waals surface area contributed by atoms with Gasteiger partial charge in [0.15, 0.2) is 11.6 Å². The second kappa shape index (κ2) is 6.80. The Morgan fingerprint density at radius 1 is 0.862 bits per heavy atom. The van der Waals surface area contributed by atoms with E-state index in [0.29, 0.717) is 5.69 Å². The predicted octanol–water partition coefficient (Wildman–Crippen LogP) is 4.10. The Kier molecular flexibility index (Phi) is 4.41. The standard InChI is InChI=1S/C22H15NO5S/c1-2-13-6-5-7-14(12-13)23-20-18(29(26,27)28)11-10-17-19(20)22(25)16-9-4-3-8-15(16)21(17)24/h2-12,23H,1H2,(H,26,27,28). The highest BCUT2D eigenvalue weighted by atomic mass is 32.2. The predicted molar refractivity (Wildman–Crippen MR) is 109 cm³/mol. The SMILES string of the molecule is C=Cc1cccc(Nc2c(S(=O)(=O)O)ccc3c2C(=O)c2ccccc2C3=O)c1. The van der Waals surface area contributed by atoms with Crippen molar-refractivity contribution in [2.24, 2.45) is 0 Å². The van der Waals surface area contributed by atoms with Crippen molar-refractivity contribution in [2.75, 3.05) is 5.32 Å². The van der Waals surface area contributed by atoms with Crippen molar-refractivity contribution in [1.29, 1.82) is 0 Å². The van der Waals surface area contributed by atoms with Gasteiger partial charge in [-0.05, 0) is 29.8 Å². The van der Waals surface area contributed by atoms with Crippen LogP contribution in [0.2, 0.25) is 0 Å². The van der Waals surface area contributed by atoms with Gasteiger partial charge in [0.2, 0.25) is 0 Å². The molecule has 0 atom stereocenters. The number of anilines is 2. The quantitative estimate of drug-likeness (QED) is 0.496. The van der Waals surface area contributed by atoms with E-state index < -0.39 is 20.8 Å². The van der Waals surface area contributed by atoms with E-state index in [2.05, 4.69) is 11.9 Å². The average molecular weight is 405 g/mol. The molecule has 144 valence electrons. The van der Waals surface area contributed by atoms with E-state index in [-0.39, 0.29) is 33.7 Å². The first-order valence-corrected chi connectivity index (χ1v) is 10.1. The fraction of sp³-hybridized carbons (Fsp3) is 0. The molecular formula is C22H15NO5S. The number of hydrogen-bond acceptors (Lipinski definition) is 5. The molecule has 3 aromatic rings. The minimum Gasteiger partial charge on any atom is -0.354 e. The second-order valence-electron chi connectivity index (χ2n) is 6.49. The Bertz CT molecular complexity index is 1310. The molecule has 0 saturated heterocycles. The molecule has 1 aliphatic carbocycles. The van der Waals surface area contributed by atoms with Gasteiger partial charge in [-0.2, -0.15) is 8.42 Å². The molecule has 0 spiro atoms. The molecule has 2 N–H and O–H groups in total. The molecule has 0 saturated carbocycles. The van der Waals surface area contributed by atoms with Crippen LogP contribution in [-0.4, -0.2) is 24.5 Å². The third-order valence-electron chi connectivity index (χ3n) is 4.72. The molecule has 0 fully saturated rings. The van der Waals surface area contributed by atoms with Gasteiger partial charge in [0.25, 0.3) is 10.1 Å². The Labute approximate surface area is 167 Å². The lowest BCUT2D eigenvalue weighted by Crippen LogP contribution is -2.23.